The van der Waals surface area contributed by atoms with Crippen molar-refractivity contribution in [2.75, 3.05) is 13.1 Å². The number of nitrogens with zero attached hydrogens (tertiary/aromatic N) is 1. The van der Waals surface area contributed by atoms with E-state index in [1.165, 1.54) is 37.0 Å². The molecule has 0 aromatic rings. The molecular formula is C17H30N2O2. The van der Waals surface area contributed by atoms with E-state index in [-0.39, 0.29) is 23.8 Å². The number of nitrogens with one attached hydrogen (secondary N) is 1. The van der Waals surface area contributed by atoms with E-state index in [0.29, 0.717) is 25.3 Å². The third kappa shape index (κ3) is 4.53. The fourth-order valence-electron chi connectivity index (χ4n) is 3.67. The van der Waals surface area contributed by atoms with Gasteiger partial charge in [-0.25, -0.2) is 0 Å². The molecule has 1 saturated heterocycles. The van der Waals surface area contributed by atoms with Crippen LogP contribution in [0, 0.1) is 11.8 Å². The van der Waals surface area contributed by atoms with Gasteiger partial charge in [0.1, 0.15) is 0 Å². The number of carbonyl (C=O) groups is 2. The largest absolute Gasteiger partial charge is 0.312 e. The second kappa shape index (κ2) is 7.92. The summed E-state index contributed by atoms with van der Waals surface area (Å²) in [6, 6.07) is 0.284. The quantitative estimate of drug-likeness (QED) is 0.766. The minimum atomic E-state index is 0.0258. The molecule has 4 nitrogen and oxygen atoms in total. The molecule has 1 heterocycles. The number of hydrogen-bond donors (Lipinski definition) is 1. The van der Waals surface area contributed by atoms with Crippen LogP contribution in [0.3, 0.4) is 0 Å². The Bertz CT molecular complexity index is 346. The Morgan fingerprint density at radius 1 is 1.14 bits per heavy atom. The Morgan fingerprint density at radius 3 is 2.33 bits per heavy atom. The highest BCUT2D eigenvalue weighted by molar-refractivity contribution is 5.97. The summed E-state index contributed by atoms with van der Waals surface area (Å²) in [6.07, 6.45) is 8.50. The van der Waals surface area contributed by atoms with Crippen LogP contribution in [0.25, 0.3) is 0 Å². The summed E-state index contributed by atoms with van der Waals surface area (Å²) < 4.78 is 0. The molecule has 21 heavy (non-hydrogen) atoms. The first-order valence-electron chi connectivity index (χ1n) is 8.68. The lowest BCUT2D eigenvalue weighted by Gasteiger charge is -2.36. The van der Waals surface area contributed by atoms with Gasteiger partial charge in [0, 0.05) is 25.4 Å². The normalized spacial score (nSPS) is 23.6. The standard InChI is InChI=1S/C17H30N2O2/c1-3-9-18-15(14-7-5-4-6-8-14)12-19-16(20)10-13(2)11-17(19)21/h13-15,18H,3-12H2,1-2H3. The van der Waals surface area contributed by atoms with Gasteiger partial charge in [0.25, 0.3) is 0 Å². The van der Waals surface area contributed by atoms with E-state index in [2.05, 4.69) is 12.2 Å². The first kappa shape index (κ1) is 16.5. The number of hydrogen-bond acceptors (Lipinski definition) is 3. The van der Waals surface area contributed by atoms with Gasteiger partial charge in [0.2, 0.25) is 11.8 Å². The minimum absolute atomic E-state index is 0.0258. The van der Waals surface area contributed by atoms with Crippen LogP contribution < -0.4 is 5.32 Å². The smallest absolute Gasteiger partial charge is 0.229 e. The summed E-state index contributed by atoms with van der Waals surface area (Å²) in [5, 5.41) is 3.59. The molecule has 0 spiro atoms. The first-order valence-corrected chi connectivity index (χ1v) is 8.68. The Kier molecular flexibility index (Phi) is 6.22. The molecule has 120 valence electrons. The third-order valence-corrected chi connectivity index (χ3v) is 4.90. The van der Waals surface area contributed by atoms with Gasteiger partial charge in [-0.1, -0.05) is 33.1 Å². The van der Waals surface area contributed by atoms with Gasteiger partial charge in [0.15, 0.2) is 0 Å². The van der Waals surface area contributed by atoms with E-state index in [0.717, 1.165) is 13.0 Å². The van der Waals surface area contributed by atoms with Crippen LogP contribution in [0.4, 0.5) is 0 Å². The zero-order valence-electron chi connectivity index (χ0n) is 13.6. The molecule has 0 aromatic heterocycles. The number of likely N-dealkylation sites (tertiary alicyclic amines) is 1. The predicted molar refractivity (Wildman–Crippen MR) is 83.8 cm³/mol. The van der Waals surface area contributed by atoms with Crippen LogP contribution in [0.5, 0.6) is 0 Å². The van der Waals surface area contributed by atoms with E-state index in [4.69, 9.17) is 0 Å². The number of imide groups is 1. The Morgan fingerprint density at radius 2 is 1.76 bits per heavy atom. The van der Waals surface area contributed by atoms with Crippen LogP contribution in [0.1, 0.15) is 65.2 Å². The topological polar surface area (TPSA) is 49.4 Å². The molecule has 1 unspecified atom stereocenters. The summed E-state index contributed by atoms with van der Waals surface area (Å²) in [5.41, 5.74) is 0. The predicted octanol–water partition coefficient (Wildman–Crippen LogP) is 2.72. The molecule has 1 aliphatic heterocycles. The number of rotatable bonds is 6. The number of piperidine rings is 1. The van der Waals surface area contributed by atoms with Crippen molar-refractivity contribution < 1.29 is 9.59 Å². The highest BCUT2D eigenvalue weighted by Crippen LogP contribution is 2.28. The lowest BCUT2D eigenvalue weighted by molar-refractivity contribution is -0.150. The first-order chi connectivity index (χ1) is 10.1. The highest BCUT2D eigenvalue weighted by atomic mass is 16.2. The van der Waals surface area contributed by atoms with Gasteiger partial charge in [-0.05, 0) is 37.6 Å². The van der Waals surface area contributed by atoms with Crippen LogP contribution in [-0.4, -0.2) is 35.8 Å². The maximum absolute atomic E-state index is 12.2. The Labute approximate surface area is 128 Å². The van der Waals surface area contributed by atoms with Crippen LogP contribution in [0.15, 0.2) is 0 Å². The van der Waals surface area contributed by atoms with Crippen LogP contribution >= 0.6 is 0 Å². The van der Waals surface area contributed by atoms with E-state index in [9.17, 15) is 9.59 Å². The zero-order chi connectivity index (χ0) is 15.2. The number of amides is 2. The summed E-state index contributed by atoms with van der Waals surface area (Å²) >= 11 is 0. The monoisotopic (exact) mass is 294 g/mol. The van der Waals surface area contributed by atoms with E-state index in [1.54, 1.807) is 0 Å². The molecular weight excluding hydrogens is 264 g/mol. The van der Waals surface area contributed by atoms with E-state index < -0.39 is 0 Å². The average Bonchev–Trinajstić information content (AvgIpc) is 2.46. The number of carbonyl (C=O) groups excluding carboxylic acids is 2. The molecule has 2 amide bonds. The van der Waals surface area contributed by atoms with Crippen molar-refractivity contribution in [2.45, 2.75) is 71.3 Å². The maximum Gasteiger partial charge on any atom is 0.229 e. The molecule has 1 saturated carbocycles. The third-order valence-electron chi connectivity index (χ3n) is 4.90. The van der Waals surface area contributed by atoms with E-state index >= 15 is 0 Å². The van der Waals surface area contributed by atoms with Gasteiger partial charge in [-0.2, -0.15) is 0 Å². The SMILES string of the molecule is CCCNC(CN1C(=O)CC(C)CC1=O)C1CCCCC1. The van der Waals surface area contributed by atoms with Crippen molar-refractivity contribution in [3.8, 4) is 0 Å². The lowest BCUT2D eigenvalue weighted by Crippen LogP contribution is -2.52. The highest BCUT2D eigenvalue weighted by Gasteiger charge is 2.34. The molecule has 0 bridgehead atoms. The van der Waals surface area contributed by atoms with Crippen molar-refractivity contribution in [2.24, 2.45) is 11.8 Å². The molecule has 0 radical (unpaired) electrons. The van der Waals surface area contributed by atoms with Crippen molar-refractivity contribution in [1.82, 2.24) is 10.2 Å². The molecule has 2 aliphatic rings. The summed E-state index contributed by atoms with van der Waals surface area (Å²) in [7, 11) is 0. The Balaban J connectivity index is 1.99. The molecule has 2 rings (SSSR count). The molecule has 1 atom stereocenters. The minimum Gasteiger partial charge on any atom is -0.312 e. The van der Waals surface area contributed by atoms with Gasteiger partial charge in [-0.15, -0.1) is 0 Å². The fourth-order valence-corrected chi connectivity index (χ4v) is 3.67. The molecule has 2 fully saturated rings. The lowest BCUT2D eigenvalue weighted by atomic mass is 9.83. The van der Waals surface area contributed by atoms with Crippen molar-refractivity contribution in [1.29, 1.82) is 0 Å². The molecule has 1 aliphatic carbocycles. The van der Waals surface area contributed by atoms with Crippen LogP contribution in [0.2, 0.25) is 0 Å². The fraction of sp³-hybridized carbons (Fsp3) is 0.882. The van der Waals surface area contributed by atoms with Crippen molar-refractivity contribution in [3.05, 3.63) is 0 Å². The molecule has 1 N–H and O–H groups in total. The zero-order valence-corrected chi connectivity index (χ0v) is 13.6. The molecule has 4 heteroatoms. The van der Waals surface area contributed by atoms with E-state index in [1.807, 2.05) is 6.92 Å². The molecule has 0 aromatic carbocycles. The van der Waals surface area contributed by atoms with Crippen molar-refractivity contribution >= 4 is 11.8 Å². The van der Waals surface area contributed by atoms with Gasteiger partial charge in [0.05, 0.1) is 0 Å². The second-order valence-corrected chi connectivity index (χ2v) is 6.87. The van der Waals surface area contributed by atoms with Crippen LogP contribution in [-0.2, 0) is 9.59 Å². The van der Waals surface area contributed by atoms with Gasteiger partial charge < -0.3 is 5.32 Å². The maximum atomic E-state index is 12.2. The van der Waals surface area contributed by atoms with Gasteiger partial charge in [-0.3, -0.25) is 14.5 Å². The summed E-state index contributed by atoms with van der Waals surface area (Å²) in [6.45, 7) is 5.69. The average molecular weight is 294 g/mol. The van der Waals surface area contributed by atoms with Gasteiger partial charge >= 0.3 is 0 Å². The Hall–Kier alpha value is -0.900. The second-order valence-electron chi connectivity index (χ2n) is 6.87. The summed E-state index contributed by atoms with van der Waals surface area (Å²) in [4.78, 5) is 25.9. The van der Waals surface area contributed by atoms with Crippen molar-refractivity contribution in [3.63, 3.8) is 0 Å². The summed E-state index contributed by atoms with van der Waals surface area (Å²) in [5.74, 6) is 0.874.